The Kier molecular flexibility index (Phi) is 40.5. The van der Waals surface area contributed by atoms with Crippen molar-refractivity contribution in [2.45, 2.75) is 236 Å². The van der Waals surface area contributed by atoms with Crippen LogP contribution in [-0.2, 0) is 43.4 Å². The van der Waals surface area contributed by atoms with Crippen molar-refractivity contribution in [3.8, 4) is 0 Å². The maximum absolute atomic E-state index is 6.04. The van der Waals surface area contributed by atoms with Crippen LogP contribution in [0.1, 0.15) is 198 Å². The van der Waals surface area contributed by atoms with Crippen LogP contribution in [0.3, 0.4) is 0 Å². The predicted molar refractivity (Wildman–Crippen MR) is 301 cm³/mol. The first-order chi connectivity index (χ1) is 32.6. The van der Waals surface area contributed by atoms with Crippen molar-refractivity contribution < 1.29 is 43.4 Å². The van der Waals surface area contributed by atoms with E-state index in [1.54, 1.807) is 56.4 Å². The molecule has 0 bridgehead atoms. The second-order valence-corrected chi connectivity index (χ2v) is 26.9. The Morgan fingerprint density at radius 1 is 0.362 bits per heavy atom. The van der Waals surface area contributed by atoms with Gasteiger partial charge in [0.2, 0.25) is 0 Å². The van der Waals surface area contributed by atoms with Crippen LogP contribution in [0.4, 0.5) is 0 Å². The van der Waals surface area contributed by atoms with Crippen LogP contribution in [0.5, 0.6) is 0 Å². The van der Waals surface area contributed by atoms with Gasteiger partial charge in [-0.2, -0.15) is 56.4 Å². The molecule has 6 fully saturated rings. The van der Waals surface area contributed by atoms with Crippen LogP contribution in [0.25, 0.3) is 41.6 Å². The van der Waals surface area contributed by atoms with E-state index >= 15 is 0 Å². The molecule has 2 atom stereocenters. The van der Waals surface area contributed by atoms with E-state index < -0.39 is 22.5 Å². The Morgan fingerprint density at radius 2 is 0.623 bits per heavy atom. The molecule has 1 aromatic carbocycles. The monoisotopic (exact) mass is 1080 g/mol. The molecule has 0 spiro atoms. The van der Waals surface area contributed by atoms with Gasteiger partial charge in [-0.25, -0.2) is 0 Å². The Hall–Kier alpha value is 0.939. The van der Waals surface area contributed by atoms with E-state index in [1.807, 2.05) is 18.2 Å². The van der Waals surface area contributed by atoms with Crippen molar-refractivity contribution in [1.29, 1.82) is 0 Å². The summed E-state index contributed by atoms with van der Waals surface area (Å²) < 4.78 is 18.1. The SMILES string of the molecule is C1CCC([N-]P2([N-]C3CCCCC3)=N[P@]([N-]C3CCCCC3)(NC3CCCCC3)=N[P@@]([N-]C3CCCCC3)(NC3CCCCC3)=N2)CC1.C[N-]C.C[N-]C.C[N-]C.C[N-]C.Cc1ccccc1.[Ti+4].[Ti+4]. The number of hydrogen-bond donors (Lipinski definition) is 2. The quantitative estimate of drug-likeness (QED) is 0.157. The number of aryl methyl sites for hydroxylation is 1. The van der Waals surface area contributed by atoms with Crippen molar-refractivity contribution >= 4 is 22.5 Å². The molecule has 13 nitrogen and oxygen atoms in total. The average Bonchev–Trinajstić information content (AvgIpc) is 3.32. The summed E-state index contributed by atoms with van der Waals surface area (Å²) >= 11 is 0. The zero-order chi connectivity index (χ0) is 48.5. The maximum Gasteiger partial charge on any atom is 4.00 e. The van der Waals surface area contributed by atoms with E-state index in [0.29, 0.717) is 36.3 Å². The topological polar surface area (TPSA) is 174 Å². The number of nitrogens with zero attached hydrogens (tertiary/aromatic N) is 11. The molecular formula is C51H100N13P3Ti2. The van der Waals surface area contributed by atoms with Gasteiger partial charge in [-0.3, -0.25) is 23.7 Å². The summed E-state index contributed by atoms with van der Waals surface area (Å²) in [4.78, 5) is 0. The van der Waals surface area contributed by atoms with Crippen molar-refractivity contribution in [3.05, 3.63) is 77.5 Å². The fourth-order valence-corrected chi connectivity index (χ4v) is 22.3. The first-order valence-corrected chi connectivity index (χ1v) is 31.8. The van der Waals surface area contributed by atoms with Crippen LogP contribution in [0.2, 0.25) is 0 Å². The summed E-state index contributed by atoms with van der Waals surface area (Å²) in [5, 5.41) is 46.2. The van der Waals surface area contributed by atoms with Gasteiger partial charge >= 0.3 is 43.4 Å². The minimum Gasteiger partial charge on any atom is -0.668 e. The molecule has 0 aromatic heterocycles. The normalized spacial score (nSPS) is 25.8. The van der Waals surface area contributed by atoms with Crippen LogP contribution < -0.4 is 10.2 Å². The van der Waals surface area contributed by atoms with Gasteiger partial charge in [-0.05, 0) is 32.6 Å². The van der Waals surface area contributed by atoms with Crippen molar-refractivity contribution in [2.24, 2.45) is 13.5 Å². The van der Waals surface area contributed by atoms with Crippen LogP contribution in [0.15, 0.2) is 43.9 Å². The molecule has 0 saturated heterocycles. The van der Waals surface area contributed by atoms with Crippen molar-refractivity contribution in [1.82, 2.24) is 10.2 Å². The maximum atomic E-state index is 6.04. The summed E-state index contributed by atoms with van der Waals surface area (Å²) in [7, 11) is 5.64. The molecule has 0 amide bonds. The third-order valence-electron chi connectivity index (χ3n) is 13.2. The molecule has 392 valence electrons. The zero-order valence-electron chi connectivity index (χ0n) is 45.3. The van der Waals surface area contributed by atoms with Gasteiger partial charge in [-0.15, -0.1) is 31.7 Å². The molecule has 6 aliphatic carbocycles. The number of rotatable bonds is 12. The van der Waals surface area contributed by atoms with Gasteiger partial charge in [0.05, 0.1) is 0 Å². The summed E-state index contributed by atoms with van der Waals surface area (Å²) in [6, 6.07) is 12.4. The molecule has 69 heavy (non-hydrogen) atoms. The van der Waals surface area contributed by atoms with Crippen LogP contribution >= 0.6 is 22.5 Å². The second kappa shape index (κ2) is 41.1. The molecule has 8 rings (SSSR count). The van der Waals surface area contributed by atoms with E-state index in [-0.39, 0.29) is 43.4 Å². The Bertz CT molecular complexity index is 1290. The smallest absolute Gasteiger partial charge is 0.668 e. The first-order valence-electron chi connectivity index (χ1n) is 26.9. The fourth-order valence-electron chi connectivity index (χ4n) is 10.1. The van der Waals surface area contributed by atoms with Crippen LogP contribution in [0, 0.1) is 6.92 Å². The summed E-state index contributed by atoms with van der Waals surface area (Å²) in [6.45, 7) is 2.08. The van der Waals surface area contributed by atoms with E-state index in [1.165, 1.54) is 173 Å². The van der Waals surface area contributed by atoms with Crippen molar-refractivity contribution in [3.63, 3.8) is 0 Å². The Balaban J connectivity index is 0.000000968. The molecule has 1 aliphatic heterocycles. The van der Waals surface area contributed by atoms with E-state index in [4.69, 9.17) is 33.9 Å². The fraction of sp³-hybridized carbons (Fsp3) is 0.882. The van der Waals surface area contributed by atoms with Gasteiger partial charge in [0.15, 0.2) is 0 Å². The zero-order valence-corrected chi connectivity index (χ0v) is 51.1. The van der Waals surface area contributed by atoms with E-state index in [9.17, 15) is 0 Å². The molecule has 1 aromatic rings. The molecule has 2 N–H and O–H groups in total. The summed E-state index contributed by atoms with van der Waals surface area (Å²) in [5.74, 6) is 0. The van der Waals surface area contributed by atoms with Crippen molar-refractivity contribution in [2.75, 3.05) is 56.4 Å². The number of benzene rings is 1. The van der Waals surface area contributed by atoms with Gasteiger partial charge in [0, 0.05) is 27.1 Å². The minimum atomic E-state index is -2.85. The molecule has 0 unspecified atom stereocenters. The van der Waals surface area contributed by atoms with E-state index in [2.05, 4.69) is 50.5 Å². The third kappa shape index (κ3) is 28.1. The van der Waals surface area contributed by atoms with E-state index in [0.717, 1.165) is 25.7 Å². The minimum absolute atomic E-state index is 0. The summed E-state index contributed by atoms with van der Waals surface area (Å²) in [6.07, 6.45) is 37.4. The van der Waals surface area contributed by atoms with Gasteiger partial charge in [0.1, 0.15) is 0 Å². The molecule has 18 heteroatoms. The average molecular weight is 1080 g/mol. The Labute approximate surface area is 456 Å². The molecule has 1 heterocycles. The summed E-state index contributed by atoms with van der Waals surface area (Å²) in [5.41, 5.74) is 1.32. The largest absolute Gasteiger partial charge is 4.00 e. The standard InChI is InChI=1S/C36H68N9P3.C7H8.4C2H6N.2Ti/c1-7-19-31(20-8-1)37-46(38-32-21-9-2-10-22-32)43-47(39-33-23-11-3-12-24-33,40-34-25-13-4-14-26-34)45-48(44-46,41-35-27-15-5-16-28-35)42-36-29-17-6-18-30-36;1-7-5-3-2-4-6-7;4*1-3-2;;/h31-37,39H,1-30H2;2-6H,1H3;4*1-2H3;;/q-4;;4*-1;2*+4/t46-,47-;;;;;;;/m0......./s1. The number of hydrogen-bond acceptors (Lipinski definition) is 5. The van der Waals surface area contributed by atoms with Gasteiger partial charge < -0.3 is 41.6 Å². The molecule has 6 saturated carbocycles. The van der Waals surface area contributed by atoms with Crippen LogP contribution in [-0.4, -0.2) is 92.6 Å². The first kappa shape index (κ1) is 68.0. The molecular weight excluding hydrogens is 983 g/mol. The third-order valence-corrected chi connectivity index (χ3v) is 23.1. The second-order valence-electron chi connectivity index (χ2n) is 19.9. The van der Waals surface area contributed by atoms with Gasteiger partial charge in [0.25, 0.3) is 0 Å². The number of nitrogens with one attached hydrogen (secondary N) is 2. The Morgan fingerprint density at radius 3 is 0.899 bits per heavy atom. The molecule has 0 radical (unpaired) electrons. The molecule has 7 aliphatic rings. The predicted octanol–water partition coefficient (Wildman–Crippen LogP) is 19.0. The van der Waals surface area contributed by atoms with Gasteiger partial charge in [-0.1, -0.05) is 203 Å².